The third-order valence-corrected chi connectivity index (χ3v) is 3.53. The van der Waals surface area contributed by atoms with Crippen LogP contribution in [0.2, 0.25) is 0 Å². The molecule has 1 atom stereocenters. The van der Waals surface area contributed by atoms with Crippen LogP contribution in [0.4, 0.5) is 0 Å². The van der Waals surface area contributed by atoms with Gasteiger partial charge in [0.05, 0.1) is 5.41 Å². The van der Waals surface area contributed by atoms with E-state index in [0.717, 1.165) is 32.6 Å². The fourth-order valence-corrected chi connectivity index (χ4v) is 2.30. The second-order valence-electron chi connectivity index (χ2n) is 4.98. The van der Waals surface area contributed by atoms with Gasteiger partial charge in [-0.15, -0.1) is 0 Å². The molecule has 2 heterocycles. The zero-order chi connectivity index (χ0) is 10.7. The van der Waals surface area contributed by atoms with E-state index in [9.17, 15) is 4.79 Å². The third kappa shape index (κ3) is 2.49. The molecule has 0 saturated carbocycles. The molecule has 2 aliphatic rings. The maximum Gasteiger partial charge on any atom is 0.241 e. The van der Waals surface area contributed by atoms with Crippen LogP contribution >= 0.6 is 0 Å². The van der Waals surface area contributed by atoms with Crippen LogP contribution in [0.5, 0.6) is 0 Å². The van der Waals surface area contributed by atoms with Crippen molar-refractivity contribution in [2.45, 2.75) is 32.6 Å². The standard InChI is InChI=1S/C11H21N3O/c1-11(5-6-12-9-11)10(15)13-14-7-3-2-4-8-14/h12H,2-9H2,1H3,(H,13,15). The van der Waals surface area contributed by atoms with Gasteiger partial charge in [0.2, 0.25) is 5.91 Å². The van der Waals surface area contributed by atoms with Crippen molar-refractivity contribution in [2.75, 3.05) is 26.2 Å². The van der Waals surface area contributed by atoms with E-state index in [-0.39, 0.29) is 11.3 Å². The van der Waals surface area contributed by atoms with Gasteiger partial charge in [0.25, 0.3) is 0 Å². The molecule has 4 heteroatoms. The number of nitrogens with one attached hydrogen (secondary N) is 2. The minimum Gasteiger partial charge on any atom is -0.316 e. The van der Waals surface area contributed by atoms with Crippen molar-refractivity contribution < 1.29 is 4.79 Å². The first-order valence-corrected chi connectivity index (χ1v) is 5.97. The number of nitrogens with zero attached hydrogens (tertiary/aromatic N) is 1. The molecule has 0 aromatic heterocycles. The predicted molar refractivity (Wildman–Crippen MR) is 59.2 cm³/mol. The summed E-state index contributed by atoms with van der Waals surface area (Å²) in [7, 11) is 0. The molecule has 0 aromatic carbocycles. The first kappa shape index (κ1) is 10.9. The fraction of sp³-hybridized carbons (Fsp3) is 0.909. The quantitative estimate of drug-likeness (QED) is 0.699. The van der Waals surface area contributed by atoms with Crippen LogP contribution in [0.3, 0.4) is 0 Å². The molecule has 0 bridgehead atoms. The number of hydrazine groups is 1. The van der Waals surface area contributed by atoms with Gasteiger partial charge < -0.3 is 5.32 Å². The first-order valence-electron chi connectivity index (χ1n) is 5.97. The van der Waals surface area contributed by atoms with Crippen molar-refractivity contribution >= 4 is 5.91 Å². The lowest BCUT2D eigenvalue weighted by Crippen LogP contribution is -2.51. The van der Waals surface area contributed by atoms with Crippen LogP contribution in [0.25, 0.3) is 0 Å². The first-order chi connectivity index (χ1) is 7.21. The van der Waals surface area contributed by atoms with E-state index in [1.54, 1.807) is 0 Å². The lowest BCUT2D eigenvalue weighted by molar-refractivity contribution is -0.134. The Labute approximate surface area is 91.4 Å². The number of hydrogen-bond donors (Lipinski definition) is 2. The van der Waals surface area contributed by atoms with E-state index in [4.69, 9.17) is 0 Å². The average molecular weight is 211 g/mol. The lowest BCUT2D eigenvalue weighted by atomic mass is 9.89. The Balaban J connectivity index is 1.85. The molecule has 4 nitrogen and oxygen atoms in total. The van der Waals surface area contributed by atoms with Crippen LogP contribution in [0.1, 0.15) is 32.6 Å². The normalized spacial score (nSPS) is 32.9. The second kappa shape index (κ2) is 4.49. The Hall–Kier alpha value is -0.610. The second-order valence-corrected chi connectivity index (χ2v) is 4.98. The van der Waals surface area contributed by atoms with Crippen molar-refractivity contribution in [3.8, 4) is 0 Å². The SMILES string of the molecule is CC1(C(=O)NN2CCCCC2)CCNC1. The van der Waals surface area contributed by atoms with Crippen molar-refractivity contribution in [3.05, 3.63) is 0 Å². The highest BCUT2D eigenvalue weighted by Gasteiger charge is 2.37. The van der Waals surface area contributed by atoms with Crippen molar-refractivity contribution in [2.24, 2.45) is 5.41 Å². The number of piperidine rings is 1. The molecule has 0 aromatic rings. The number of hydrogen-bond acceptors (Lipinski definition) is 3. The maximum atomic E-state index is 12.0. The summed E-state index contributed by atoms with van der Waals surface area (Å²) in [6, 6.07) is 0. The number of carbonyl (C=O) groups excluding carboxylic acids is 1. The average Bonchev–Trinajstić information content (AvgIpc) is 2.68. The Morgan fingerprint density at radius 2 is 2.07 bits per heavy atom. The number of amides is 1. The molecule has 0 spiro atoms. The van der Waals surface area contributed by atoms with Crippen molar-refractivity contribution in [3.63, 3.8) is 0 Å². The molecular weight excluding hydrogens is 190 g/mol. The van der Waals surface area contributed by atoms with Gasteiger partial charge in [0.15, 0.2) is 0 Å². The molecule has 2 rings (SSSR count). The Bertz CT molecular complexity index is 230. The Morgan fingerprint density at radius 3 is 2.67 bits per heavy atom. The summed E-state index contributed by atoms with van der Waals surface area (Å²) < 4.78 is 0. The minimum absolute atomic E-state index is 0.189. The zero-order valence-electron chi connectivity index (χ0n) is 9.51. The van der Waals surface area contributed by atoms with Gasteiger partial charge >= 0.3 is 0 Å². The molecule has 0 aliphatic carbocycles. The largest absolute Gasteiger partial charge is 0.316 e. The summed E-state index contributed by atoms with van der Waals surface area (Å²) in [5.74, 6) is 0.189. The van der Waals surface area contributed by atoms with Gasteiger partial charge in [-0.25, -0.2) is 5.01 Å². The summed E-state index contributed by atoms with van der Waals surface area (Å²) in [6.45, 7) is 5.84. The monoisotopic (exact) mass is 211 g/mol. The summed E-state index contributed by atoms with van der Waals surface area (Å²) in [4.78, 5) is 12.0. The Kier molecular flexibility index (Phi) is 3.26. The lowest BCUT2D eigenvalue weighted by Gasteiger charge is -2.31. The zero-order valence-corrected chi connectivity index (χ0v) is 9.51. The molecule has 2 N–H and O–H groups in total. The maximum absolute atomic E-state index is 12.0. The summed E-state index contributed by atoms with van der Waals surface area (Å²) >= 11 is 0. The molecule has 2 fully saturated rings. The summed E-state index contributed by atoms with van der Waals surface area (Å²) in [5.41, 5.74) is 2.86. The highest BCUT2D eigenvalue weighted by molar-refractivity contribution is 5.82. The minimum atomic E-state index is -0.197. The molecule has 2 saturated heterocycles. The van der Waals surface area contributed by atoms with E-state index in [0.29, 0.717) is 0 Å². The predicted octanol–water partition coefficient (Wildman–Crippen LogP) is 0.503. The van der Waals surface area contributed by atoms with Crippen molar-refractivity contribution in [1.29, 1.82) is 0 Å². The van der Waals surface area contributed by atoms with Crippen LogP contribution in [0.15, 0.2) is 0 Å². The van der Waals surface area contributed by atoms with E-state index in [1.165, 1.54) is 19.3 Å². The van der Waals surface area contributed by atoms with Gasteiger partial charge in [-0.2, -0.15) is 0 Å². The fourth-order valence-electron chi connectivity index (χ4n) is 2.30. The van der Waals surface area contributed by atoms with Gasteiger partial charge in [0, 0.05) is 19.6 Å². The highest BCUT2D eigenvalue weighted by Crippen LogP contribution is 2.24. The molecule has 15 heavy (non-hydrogen) atoms. The Morgan fingerprint density at radius 1 is 1.33 bits per heavy atom. The third-order valence-electron chi connectivity index (χ3n) is 3.53. The topological polar surface area (TPSA) is 44.4 Å². The molecule has 2 aliphatic heterocycles. The van der Waals surface area contributed by atoms with Gasteiger partial charge in [-0.3, -0.25) is 10.2 Å². The molecule has 0 radical (unpaired) electrons. The van der Waals surface area contributed by atoms with E-state index < -0.39 is 0 Å². The van der Waals surface area contributed by atoms with Crippen LogP contribution < -0.4 is 10.7 Å². The van der Waals surface area contributed by atoms with Gasteiger partial charge in [0.1, 0.15) is 0 Å². The summed E-state index contributed by atoms with van der Waals surface area (Å²) in [5, 5.41) is 5.33. The molecular formula is C11H21N3O. The van der Waals surface area contributed by atoms with Crippen LogP contribution in [-0.4, -0.2) is 37.1 Å². The summed E-state index contributed by atoms with van der Waals surface area (Å²) in [6.07, 6.45) is 4.66. The smallest absolute Gasteiger partial charge is 0.241 e. The molecule has 1 unspecified atom stereocenters. The molecule has 86 valence electrons. The van der Waals surface area contributed by atoms with E-state index in [1.807, 2.05) is 6.92 Å². The van der Waals surface area contributed by atoms with Crippen LogP contribution in [0, 0.1) is 5.41 Å². The van der Waals surface area contributed by atoms with Crippen LogP contribution in [-0.2, 0) is 4.79 Å². The van der Waals surface area contributed by atoms with Gasteiger partial charge in [-0.05, 0) is 32.7 Å². The highest BCUT2D eigenvalue weighted by atomic mass is 16.2. The van der Waals surface area contributed by atoms with Gasteiger partial charge in [-0.1, -0.05) is 6.42 Å². The molecule has 1 amide bonds. The van der Waals surface area contributed by atoms with E-state index in [2.05, 4.69) is 15.8 Å². The number of rotatable bonds is 2. The van der Waals surface area contributed by atoms with Crippen molar-refractivity contribution in [1.82, 2.24) is 15.8 Å². The van der Waals surface area contributed by atoms with E-state index >= 15 is 0 Å². The number of carbonyl (C=O) groups is 1.